The smallest absolute Gasteiger partial charge is 0.357 e. The number of carbonyl (C=O) groups is 2. The van der Waals surface area contributed by atoms with Gasteiger partial charge in [-0.25, -0.2) is 4.79 Å². The summed E-state index contributed by atoms with van der Waals surface area (Å²) in [6, 6.07) is 18.2. The predicted molar refractivity (Wildman–Crippen MR) is 102 cm³/mol. The van der Waals surface area contributed by atoms with Crippen molar-refractivity contribution in [3.63, 3.8) is 0 Å². The molecule has 2 N–H and O–H groups in total. The van der Waals surface area contributed by atoms with E-state index in [-0.39, 0.29) is 17.6 Å². The van der Waals surface area contributed by atoms with Gasteiger partial charge in [0.05, 0.1) is 6.04 Å². The molecule has 0 aromatic heterocycles. The van der Waals surface area contributed by atoms with Crippen LogP contribution >= 0.6 is 11.6 Å². The first-order chi connectivity index (χ1) is 13.1. The van der Waals surface area contributed by atoms with Crippen LogP contribution in [0.4, 0.5) is 0 Å². The lowest BCUT2D eigenvalue weighted by molar-refractivity contribution is -0.156. The van der Waals surface area contributed by atoms with Crippen LogP contribution in [0.1, 0.15) is 30.1 Å². The molecule has 1 fully saturated rings. The molecule has 27 heavy (non-hydrogen) atoms. The van der Waals surface area contributed by atoms with Gasteiger partial charge in [-0.15, -0.1) is 0 Å². The van der Waals surface area contributed by atoms with Gasteiger partial charge in [0.1, 0.15) is 11.7 Å². The molecule has 0 radical (unpaired) electrons. The summed E-state index contributed by atoms with van der Waals surface area (Å²) in [5, 5.41) is 0.344. The molecule has 2 heterocycles. The summed E-state index contributed by atoms with van der Waals surface area (Å²) in [6.07, 6.45) is 0.570. The fourth-order valence-corrected chi connectivity index (χ4v) is 3.91. The third kappa shape index (κ3) is 3.13. The Morgan fingerprint density at radius 1 is 1.07 bits per heavy atom. The number of fused-ring (bicyclic) bond motifs is 1. The van der Waals surface area contributed by atoms with Crippen LogP contribution in [0, 0.1) is 0 Å². The summed E-state index contributed by atoms with van der Waals surface area (Å²) < 4.78 is 5.85. The van der Waals surface area contributed by atoms with Crippen LogP contribution in [0.2, 0.25) is 0 Å². The molecule has 2 aliphatic rings. The summed E-state index contributed by atoms with van der Waals surface area (Å²) in [4.78, 5) is 26.6. The second-order valence-corrected chi connectivity index (χ2v) is 7.16. The van der Waals surface area contributed by atoms with Crippen molar-refractivity contribution in [3.05, 3.63) is 82.5 Å². The van der Waals surface area contributed by atoms with E-state index in [9.17, 15) is 9.59 Å². The fraction of sp³-hybridized carbons (Fsp3) is 0.238. The highest BCUT2D eigenvalue weighted by atomic mass is 35.5. The molecule has 0 unspecified atom stereocenters. The minimum Gasteiger partial charge on any atom is -0.448 e. The number of β-lactam (4-membered cyclic amide) rings is 1. The van der Waals surface area contributed by atoms with E-state index in [0.717, 1.165) is 11.1 Å². The van der Waals surface area contributed by atoms with Crippen molar-refractivity contribution in [2.75, 3.05) is 0 Å². The Labute approximate surface area is 162 Å². The predicted octanol–water partition coefficient (Wildman–Crippen LogP) is 3.10. The van der Waals surface area contributed by atoms with E-state index in [1.165, 1.54) is 4.90 Å². The third-order valence-corrected chi connectivity index (χ3v) is 5.42. The number of nitrogens with two attached hydrogens (primary N) is 1. The first kappa shape index (κ1) is 17.8. The lowest BCUT2D eigenvalue weighted by Crippen LogP contribution is -2.69. The van der Waals surface area contributed by atoms with Gasteiger partial charge in [-0.05, 0) is 24.0 Å². The van der Waals surface area contributed by atoms with Gasteiger partial charge in [-0.2, -0.15) is 0 Å². The van der Waals surface area contributed by atoms with Gasteiger partial charge in [0.15, 0.2) is 6.10 Å². The van der Waals surface area contributed by atoms with Gasteiger partial charge in [0, 0.05) is 5.03 Å². The highest BCUT2D eigenvalue weighted by Crippen LogP contribution is 2.39. The maximum atomic E-state index is 13.0. The lowest BCUT2D eigenvalue weighted by atomic mass is 9.87. The molecule has 0 spiro atoms. The molecule has 5 nitrogen and oxygen atoms in total. The highest BCUT2D eigenvalue weighted by molar-refractivity contribution is 6.32. The van der Waals surface area contributed by atoms with E-state index in [0.29, 0.717) is 17.9 Å². The number of esters is 1. The van der Waals surface area contributed by atoms with E-state index >= 15 is 0 Å². The van der Waals surface area contributed by atoms with Crippen LogP contribution in [-0.2, 0) is 14.3 Å². The fourth-order valence-electron chi connectivity index (χ4n) is 3.63. The van der Waals surface area contributed by atoms with Gasteiger partial charge < -0.3 is 10.5 Å². The molecule has 2 aliphatic heterocycles. The van der Waals surface area contributed by atoms with Crippen molar-refractivity contribution < 1.29 is 14.3 Å². The Kier molecular flexibility index (Phi) is 4.72. The number of nitrogens with zero attached hydrogens (tertiary/aromatic N) is 1. The minimum atomic E-state index is -0.609. The SMILES string of the molecule is N[C@@H]1C(=O)N2C(C(=O)OC(c3ccccc3)c3ccccc3)=C(Cl)CC[C@@H]12. The number of amides is 1. The van der Waals surface area contributed by atoms with Gasteiger partial charge in [0.2, 0.25) is 5.91 Å². The number of ether oxygens (including phenoxy) is 1. The first-order valence-electron chi connectivity index (χ1n) is 8.86. The quantitative estimate of drug-likeness (QED) is 0.651. The zero-order valence-electron chi connectivity index (χ0n) is 14.5. The van der Waals surface area contributed by atoms with Crippen LogP contribution in [0.3, 0.4) is 0 Å². The number of rotatable bonds is 4. The number of hydrogen-bond donors (Lipinski definition) is 1. The maximum Gasteiger partial charge on any atom is 0.357 e. The van der Waals surface area contributed by atoms with Gasteiger partial charge in [-0.1, -0.05) is 72.3 Å². The molecule has 0 bridgehead atoms. The van der Waals surface area contributed by atoms with Crippen molar-refractivity contribution in [3.8, 4) is 0 Å². The molecular weight excluding hydrogens is 364 g/mol. The zero-order valence-corrected chi connectivity index (χ0v) is 15.3. The van der Waals surface area contributed by atoms with Crippen LogP contribution < -0.4 is 5.73 Å². The van der Waals surface area contributed by atoms with Crippen molar-refractivity contribution >= 4 is 23.5 Å². The maximum absolute atomic E-state index is 13.0. The molecule has 1 amide bonds. The van der Waals surface area contributed by atoms with Crippen molar-refractivity contribution in [1.29, 1.82) is 0 Å². The molecule has 1 saturated heterocycles. The highest BCUT2D eigenvalue weighted by Gasteiger charge is 2.51. The monoisotopic (exact) mass is 382 g/mol. The van der Waals surface area contributed by atoms with Crippen LogP contribution in [0.15, 0.2) is 71.4 Å². The molecule has 6 heteroatoms. The van der Waals surface area contributed by atoms with Crippen molar-refractivity contribution in [2.24, 2.45) is 5.73 Å². The molecule has 138 valence electrons. The van der Waals surface area contributed by atoms with Crippen LogP contribution in [0.25, 0.3) is 0 Å². The number of halogens is 1. The largest absolute Gasteiger partial charge is 0.448 e. The number of hydrogen-bond acceptors (Lipinski definition) is 4. The average Bonchev–Trinajstić information content (AvgIpc) is 2.72. The first-order valence-corrected chi connectivity index (χ1v) is 9.24. The normalized spacial score (nSPS) is 21.7. The molecule has 2 atom stereocenters. The van der Waals surface area contributed by atoms with Gasteiger partial charge in [-0.3, -0.25) is 9.69 Å². The summed E-state index contributed by atoms with van der Waals surface area (Å²) in [5.74, 6) is -0.900. The summed E-state index contributed by atoms with van der Waals surface area (Å²) in [5.41, 5.74) is 7.66. The average molecular weight is 383 g/mol. The third-order valence-electron chi connectivity index (χ3n) is 5.05. The summed E-state index contributed by atoms with van der Waals surface area (Å²) in [7, 11) is 0. The van der Waals surface area contributed by atoms with E-state index in [1.54, 1.807) is 0 Å². The lowest BCUT2D eigenvalue weighted by Gasteiger charge is -2.48. The molecule has 2 aromatic carbocycles. The van der Waals surface area contributed by atoms with Crippen molar-refractivity contribution in [1.82, 2.24) is 4.90 Å². The summed E-state index contributed by atoms with van der Waals surface area (Å²) >= 11 is 6.30. The number of benzene rings is 2. The Hall–Kier alpha value is -2.63. The summed E-state index contributed by atoms with van der Waals surface area (Å²) in [6.45, 7) is 0. The molecular formula is C21H19ClN2O3. The van der Waals surface area contributed by atoms with Gasteiger partial charge in [0.25, 0.3) is 0 Å². The minimum absolute atomic E-state index is 0.122. The Morgan fingerprint density at radius 2 is 1.63 bits per heavy atom. The van der Waals surface area contributed by atoms with E-state index < -0.39 is 18.1 Å². The number of carbonyl (C=O) groups excluding carboxylic acids is 2. The second kappa shape index (κ2) is 7.18. The zero-order chi connectivity index (χ0) is 19.0. The molecule has 0 saturated carbocycles. The van der Waals surface area contributed by atoms with Crippen LogP contribution in [-0.4, -0.2) is 28.9 Å². The van der Waals surface area contributed by atoms with Crippen LogP contribution in [0.5, 0.6) is 0 Å². The topological polar surface area (TPSA) is 72.6 Å². The Bertz CT molecular complexity index is 859. The van der Waals surface area contributed by atoms with Crippen molar-refractivity contribution in [2.45, 2.75) is 31.0 Å². The van der Waals surface area contributed by atoms with Gasteiger partial charge >= 0.3 is 5.97 Å². The molecule has 4 rings (SSSR count). The molecule has 0 aliphatic carbocycles. The van der Waals surface area contributed by atoms with E-state index in [4.69, 9.17) is 22.1 Å². The molecule has 2 aromatic rings. The Balaban J connectivity index is 1.65. The van der Waals surface area contributed by atoms with E-state index in [2.05, 4.69) is 0 Å². The standard InChI is InChI=1S/C21H19ClN2O3/c22-15-11-12-16-17(23)20(25)24(16)18(15)21(26)27-19(13-7-3-1-4-8-13)14-9-5-2-6-10-14/h1-10,16-17,19H,11-12,23H2/t16-,17-/m0/s1. The second-order valence-electron chi connectivity index (χ2n) is 6.70. The van der Waals surface area contributed by atoms with E-state index in [1.807, 2.05) is 60.7 Å². The Morgan fingerprint density at radius 3 is 2.19 bits per heavy atom. The number of allylic oxidation sites excluding steroid dienone is 1.